The summed E-state index contributed by atoms with van der Waals surface area (Å²) in [6.45, 7) is 8.67. The Morgan fingerprint density at radius 1 is 1.39 bits per heavy atom. The molecule has 3 nitrogen and oxygen atoms in total. The highest BCUT2D eigenvalue weighted by molar-refractivity contribution is 9.10. The van der Waals surface area contributed by atoms with E-state index < -0.39 is 0 Å². The minimum absolute atomic E-state index is 0.221. The molecule has 0 saturated carbocycles. The van der Waals surface area contributed by atoms with Gasteiger partial charge in [0, 0.05) is 18.5 Å². The SMILES string of the molecule is CCn1nc(C)c(Br)c1CC1(C)CCCCCN1. The van der Waals surface area contributed by atoms with Crippen molar-refractivity contribution in [3.05, 3.63) is 15.9 Å². The van der Waals surface area contributed by atoms with Crippen LogP contribution in [0.2, 0.25) is 0 Å². The normalized spacial score (nSPS) is 25.1. The van der Waals surface area contributed by atoms with Gasteiger partial charge in [-0.3, -0.25) is 4.68 Å². The van der Waals surface area contributed by atoms with E-state index >= 15 is 0 Å². The molecular weight excluding hydrogens is 290 g/mol. The Morgan fingerprint density at radius 3 is 2.89 bits per heavy atom. The number of hydrogen-bond donors (Lipinski definition) is 1. The summed E-state index contributed by atoms with van der Waals surface area (Å²) < 4.78 is 3.33. The molecule has 1 aromatic rings. The van der Waals surface area contributed by atoms with Crippen molar-refractivity contribution in [1.82, 2.24) is 15.1 Å². The maximum absolute atomic E-state index is 4.59. The van der Waals surface area contributed by atoms with Gasteiger partial charge < -0.3 is 5.32 Å². The molecule has 18 heavy (non-hydrogen) atoms. The molecule has 4 heteroatoms. The van der Waals surface area contributed by atoms with Crippen LogP contribution in [-0.4, -0.2) is 21.9 Å². The first-order chi connectivity index (χ1) is 8.56. The lowest BCUT2D eigenvalue weighted by molar-refractivity contribution is 0.336. The predicted octanol–water partition coefficient (Wildman–Crippen LogP) is 3.44. The van der Waals surface area contributed by atoms with Crippen LogP contribution in [-0.2, 0) is 13.0 Å². The van der Waals surface area contributed by atoms with Crippen LogP contribution in [0.3, 0.4) is 0 Å². The van der Waals surface area contributed by atoms with Crippen LogP contribution >= 0.6 is 15.9 Å². The van der Waals surface area contributed by atoms with Gasteiger partial charge in [-0.1, -0.05) is 12.8 Å². The van der Waals surface area contributed by atoms with E-state index in [0.717, 1.165) is 25.2 Å². The summed E-state index contributed by atoms with van der Waals surface area (Å²) in [5.41, 5.74) is 2.66. The Balaban J connectivity index is 2.21. The molecule has 102 valence electrons. The van der Waals surface area contributed by atoms with Gasteiger partial charge in [0.1, 0.15) is 0 Å². The lowest BCUT2D eigenvalue weighted by Gasteiger charge is -2.29. The monoisotopic (exact) mass is 313 g/mol. The van der Waals surface area contributed by atoms with Gasteiger partial charge in [0.2, 0.25) is 0 Å². The smallest absolute Gasteiger partial charge is 0.0738 e. The second-order valence-electron chi connectivity index (χ2n) is 5.64. The number of aromatic nitrogens is 2. The second kappa shape index (κ2) is 5.74. The summed E-state index contributed by atoms with van der Waals surface area (Å²) in [5, 5.41) is 8.32. The third-order valence-electron chi connectivity index (χ3n) is 3.97. The highest BCUT2D eigenvalue weighted by Crippen LogP contribution is 2.28. The maximum Gasteiger partial charge on any atom is 0.0738 e. The Bertz CT molecular complexity index is 403. The van der Waals surface area contributed by atoms with E-state index in [4.69, 9.17) is 0 Å². The van der Waals surface area contributed by atoms with Crippen LogP contribution in [0.1, 0.15) is 50.9 Å². The molecule has 0 bridgehead atoms. The Kier molecular flexibility index (Phi) is 4.49. The van der Waals surface area contributed by atoms with E-state index in [0.29, 0.717) is 0 Å². The molecule has 0 aliphatic carbocycles. The highest BCUT2D eigenvalue weighted by atomic mass is 79.9. The Labute approximate surface area is 118 Å². The lowest BCUT2D eigenvalue weighted by Crippen LogP contribution is -2.44. The molecule has 1 aliphatic heterocycles. The Hall–Kier alpha value is -0.350. The molecule has 1 aromatic heterocycles. The number of rotatable bonds is 3. The molecule has 1 unspecified atom stereocenters. The lowest BCUT2D eigenvalue weighted by atomic mass is 9.90. The molecule has 1 fully saturated rings. The fraction of sp³-hybridized carbons (Fsp3) is 0.786. The fourth-order valence-electron chi connectivity index (χ4n) is 2.85. The number of nitrogens with one attached hydrogen (secondary N) is 1. The fourth-order valence-corrected chi connectivity index (χ4v) is 3.28. The van der Waals surface area contributed by atoms with Gasteiger partial charge in [-0.25, -0.2) is 0 Å². The average Bonchev–Trinajstić information content (AvgIpc) is 2.54. The van der Waals surface area contributed by atoms with Gasteiger partial charge in [0.05, 0.1) is 15.9 Å². The topological polar surface area (TPSA) is 29.9 Å². The zero-order chi connectivity index (χ0) is 13.2. The van der Waals surface area contributed by atoms with E-state index in [2.05, 4.69) is 51.8 Å². The summed E-state index contributed by atoms with van der Waals surface area (Å²) in [4.78, 5) is 0. The molecule has 0 aromatic carbocycles. The third kappa shape index (κ3) is 2.97. The maximum atomic E-state index is 4.59. The highest BCUT2D eigenvalue weighted by Gasteiger charge is 2.28. The van der Waals surface area contributed by atoms with Crippen LogP contribution < -0.4 is 5.32 Å². The number of aryl methyl sites for hydroxylation is 2. The molecule has 1 aliphatic rings. The van der Waals surface area contributed by atoms with Gasteiger partial charge >= 0.3 is 0 Å². The summed E-state index contributed by atoms with van der Waals surface area (Å²) >= 11 is 3.70. The van der Waals surface area contributed by atoms with Crippen LogP contribution in [0.5, 0.6) is 0 Å². The minimum atomic E-state index is 0.221. The van der Waals surface area contributed by atoms with E-state index in [1.165, 1.54) is 35.8 Å². The van der Waals surface area contributed by atoms with Gasteiger partial charge in [0.25, 0.3) is 0 Å². The van der Waals surface area contributed by atoms with Crippen molar-refractivity contribution >= 4 is 15.9 Å². The van der Waals surface area contributed by atoms with Crippen LogP contribution in [0.25, 0.3) is 0 Å². The van der Waals surface area contributed by atoms with Crippen molar-refractivity contribution in [2.45, 2.75) is 65.0 Å². The van der Waals surface area contributed by atoms with E-state index in [-0.39, 0.29) is 5.54 Å². The van der Waals surface area contributed by atoms with Crippen molar-refractivity contribution in [2.75, 3.05) is 6.54 Å². The first-order valence-electron chi connectivity index (χ1n) is 7.02. The van der Waals surface area contributed by atoms with Gasteiger partial charge in [0.15, 0.2) is 0 Å². The summed E-state index contributed by atoms with van der Waals surface area (Å²) in [5.74, 6) is 0. The van der Waals surface area contributed by atoms with Crippen LogP contribution in [0.15, 0.2) is 4.47 Å². The van der Waals surface area contributed by atoms with E-state index in [9.17, 15) is 0 Å². The van der Waals surface area contributed by atoms with Crippen molar-refractivity contribution < 1.29 is 0 Å². The number of hydrogen-bond acceptors (Lipinski definition) is 2. The van der Waals surface area contributed by atoms with Crippen molar-refractivity contribution in [1.29, 1.82) is 0 Å². The van der Waals surface area contributed by atoms with Gasteiger partial charge in [-0.05, 0) is 56.1 Å². The second-order valence-corrected chi connectivity index (χ2v) is 6.43. The summed E-state index contributed by atoms with van der Waals surface area (Å²) in [6.07, 6.45) is 6.31. The summed E-state index contributed by atoms with van der Waals surface area (Å²) in [6, 6.07) is 0. The van der Waals surface area contributed by atoms with Crippen molar-refractivity contribution in [3.8, 4) is 0 Å². The molecule has 0 radical (unpaired) electrons. The molecule has 1 N–H and O–H groups in total. The quantitative estimate of drug-likeness (QED) is 0.926. The third-order valence-corrected chi connectivity index (χ3v) is 5.00. The molecule has 1 atom stereocenters. The van der Waals surface area contributed by atoms with E-state index in [1.54, 1.807) is 0 Å². The first-order valence-corrected chi connectivity index (χ1v) is 7.82. The molecule has 2 rings (SSSR count). The van der Waals surface area contributed by atoms with Crippen LogP contribution in [0, 0.1) is 6.92 Å². The van der Waals surface area contributed by atoms with Crippen molar-refractivity contribution in [3.63, 3.8) is 0 Å². The first kappa shape index (κ1) is 14.1. The molecule has 2 heterocycles. The standard InChI is InChI=1S/C14H24BrN3/c1-4-18-12(13(15)11(2)17-18)10-14(3)8-6-5-7-9-16-14/h16H,4-10H2,1-3H3. The molecular formula is C14H24BrN3. The van der Waals surface area contributed by atoms with Crippen molar-refractivity contribution in [2.24, 2.45) is 0 Å². The Morgan fingerprint density at radius 2 is 2.17 bits per heavy atom. The van der Waals surface area contributed by atoms with E-state index in [1.807, 2.05) is 0 Å². The average molecular weight is 314 g/mol. The predicted molar refractivity (Wildman–Crippen MR) is 78.9 cm³/mol. The number of nitrogens with zero attached hydrogens (tertiary/aromatic N) is 2. The van der Waals surface area contributed by atoms with Crippen LogP contribution in [0.4, 0.5) is 0 Å². The van der Waals surface area contributed by atoms with Gasteiger partial charge in [-0.15, -0.1) is 0 Å². The molecule has 0 spiro atoms. The number of halogens is 1. The zero-order valence-electron chi connectivity index (χ0n) is 11.7. The van der Waals surface area contributed by atoms with Gasteiger partial charge in [-0.2, -0.15) is 5.10 Å². The zero-order valence-corrected chi connectivity index (χ0v) is 13.3. The summed E-state index contributed by atoms with van der Waals surface area (Å²) in [7, 11) is 0. The minimum Gasteiger partial charge on any atom is -0.311 e. The molecule has 1 saturated heterocycles. The largest absolute Gasteiger partial charge is 0.311 e. The molecule has 0 amide bonds.